The van der Waals surface area contributed by atoms with Crippen molar-refractivity contribution in [2.45, 2.75) is 26.7 Å². The summed E-state index contributed by atoms with van der Waals surface area (Å²) in [6.45, 7) is 3.43. The van der Waals surface area contributed by atoms with Gasteiger partial charge in [-0.05, 0) is 37.5 Å². The molecule has 0 radical (unpaired) electrons. The Morgan fingerprint density at radius 3 is 2.47 bits per heavy atom. The van der Waals surface area contributed by atoms with Gasteiger partial charge in [0.1, 0.15) is 5.78 Å². The van der Waals surface area contributed by atoms with Gasteiger partial charge in [-0.15, -0.1) is 0 Å². The van der Waals surface area contributed by atoms with E-state index in [2.05, 4.69) is 0 Å². The molecule has 0 N–H and O–H groups in total. The van der Waals surface area contributed by atoms with Gasteiger partial charge in [-0.2, -0.15) is 0 Å². The van der Waals surface area contributed by atoms with E-state index in [-0.39, 0.29) is 11.7 Å². The summed E-state index contributed by atoms with van der Waals surface area (Å²) in [5.41, 5.74) is 0.663. The normalized spacial score (nSPS) is 12.5. The number of Topliss-reactive ketones (excluding diaryl/α,β-unsaturated/α-hetero) is 1. The summed E-state index contributed by atoms with van der Waals surface area (Å²) in [7, 11) is 0. The zero-order valence-corrected chi connectivity index (χ0v) is 8.89. The summed E-state index contributed by atoms with van der Waals surface area (Å²) in [6.07, 6.45) is 1.19. The molecule has 0 fully saturated rings. The first kappa shape index (κ1) is 11.8. The molecule has 15 heavy (non-hydrogen) atoms. The molecule has 1 unspecified atom stereocenters. The minimum Gasteiger partial charge on any atom is -0.300 e. The first-order valence-electron chi connectivity index (χ1n) is 4.99. The van der Waals surface area contributed by atoms with Crippen molar-refractivity contribution in [2.24, 2.45) is 5.92 Å². The van der Waals surface area contributed by atoms with Crippen LogP contribution in [0.2, 0.25) is 0 Å². The Hall–Kier alpha value is -1.25. The maximum atomic E-state index is 12.9. The van der Waals surface area contributed by atoms with E-state index < -0.39 is 11.6 Å². The molecule has 0 aliphatic heterocycles. The second-order valence-electron chi connectivity index (χ2n) is 3.67. The smallest absolute Gasteiger partial charge is 0.159 e. The number of hydrogen-bond donors (Lipinski definition) is 0. The third-order valence-corrected chi connectivity index (χ3v) is 2.53. The highest BCUT2D eigenvalue weighted by atomic mass is 19.2. The summed E-state index contributed by atoms with van der Waals surface area (Å²) in [4.78, 5) is 11.2. The van der Waals surface area contributed by atoms with Crippen molar-refractivity contribution in [1.29, 1.82) is 0 Å². The quantitative estimate of drug-likeness (QED) is 0.749. The lowest BCUT2D eigenvalue weighted by Crippen LogP contribution is -2.12. The van der Waals surface area contributed by atoms with Crippen LogP contribution in [0.15, 0.2) is 18.2 Å². The number of carbonyl (C=O) groups is 1. The molecule has 0 heterocycles. The van der Waals surface area contributed by atoms with Crippen LogP contribution in [-0.4, -0.2) is 5.78 Å². The average Bonchev–Trinajstić information content (AvgIpc) is 2.19. The SMILES string of the molecule is CCC(Cc1ccc(F)c(F)c1)C(C)=O. The van der Waals surface area contributed by atoms with Crippen molar-refractivity contribution in [3.63, 3.8) is 0 Å². The van der Waals surface area contributed by atoms with Crippen LogP contribution in [0.25, 0.3) is 0 Å². The summed E-state index contributed by atoms with van der Waals surface area (Å²) in [5.74, 6) is -1.72. The molecule has 0 aliphatic rings. The Morgan fingerprint density at radius 1 is 1.33 bits per heavy atom. The summed E-state index contributed by atoms with van der Waals surface area (Å²) < 4.78 is 25.5. The molecule has 0 bridgehead atoms. The molecule has 3 heteroatoms. The molecule has 0 aromatic heterocycles. The monoisotopic (exact) mass is 212 g/mol. The molecule has 1 nitrogen and oxygen atoms in total. The Labute approximate surface area is 88.1 Å². The molecule has 0 saturated carbocycles. The zero-order chi connectivity index (χ0) is 11.4. The fraction of sp³-hybridized carbons (Fsp3) is 0.417. The van der Waals surface area contributed by atoms with Gasteiger partial charge in [0.2, 0.25) is 0 Å². The molecule has 0 aliphatic carbocycles. The van der Waals surface area contributed by atoms with Gasteiger partial charge >= 0.3 is 0 Å². The van der Waals surface area contributed by atoms with Crippen molar-refractivity contribution < 1.29 is 13.6 Å². The van der Waals surface area contributed by atoms with E-state index in [4.69, 9.17) is 0 Å². The van der Waals surface area contributed by atoms with E-state index in [0.29, 0.717) is 18.4 Å². The maximum Gasteiger partial charge on any atom is 0.159 e. The second-order valence-corrected chi connectivity index (χ2v) is 3.67. The lowest BCUT2D eigenvalue weighted by molar-refractivity contribution is -0.120. The molecule has 0 saturated heterocycles. The number of hydrogen-bond acceptors (Lipinski definition) is 1. The summed E-state index contributed by atoms with van der Waals surface area (Å²) in [6, 6.07) is 3.77. The van der Waals surface area contributed by atoms with Crippen molar-refractivity contribution in [2.75, 3.05) is 0 Å². The van der Waals surface area contributed by atoms with Crippen molar-refractivity contribution in [1.82, 2.24) is 0 Å². The third kappa shape index (κ3) is 3.11. The fourth-order valence-corrected chi connectivity index (χ4v) is 1.53. The highest BCUT2D eigenvalue weighted by Gasteiger charge is 2.13. The Balaban J connectivity index is 2.80. The van der Waals surface area contributed by atoms with Gasteiger partial charge in [0.05, 0.1) is 0 Å². The van der Waals surface area contributed by atoms with Crippen LogP contribution in [0.1, 0.15) is 25.8 Å². The molecule has 1 rings (SSSR count). The third-order valence-electron chi connectivity index (χ3n) is 2.53. The largest absolute Gasteiger partial charge is 0.300 e. The van der Waals surface area contributed by atoms with Crippen molar-refractivity contribution >= 4 is 5.78 Å². The van der Waals surface area contributed by atoms with Crippen LogP contribution in [0.5, 0.6) is 0 Å². The number of halogens is 2. The molecule has 0 spiro atoms. The Morgan fingerprint density at radius 2 is 2.00 bits per heavy atom. The maximum absolute atomic E-state index is 12.9. The van der Waals surface area contributed by atoms with E-state index in [1.54, 1.807) is 0 Å². The van der Waals surface area contributed by atoms with Crippen LogP contribution in [-0.2, 0) is 11.2 Å². The van der Waals surface area contributed by atoms with Gasteiger partial charge in [0, 0.05) is 5.92 Å². The number of benzene rings is 1. The zero-order valence-electron chi connectivity index (χ0n) is 8.89. The number of ketones is 1. The molecular weight excluding hydrogens is 198 g/mol. The van der Waals surface area contributed by atoms with Crippen LogP contribution < -0.4 is 0 Å². The van der Waals surface area contributed by atoms with Gasteiger partial charge in [0.15, 0.2) is 11.6 Å². The highest BCUT2D eigenvalue weighted by molar-refractivity contribution is 5.78. The lowest BCUT2D eigenvalue weighted by atomic mass is 9.94. The molecule has 1 aromatic rings. The van der Waals surface area contributed by atoms with Gasteiger partial charge in [0.25, 0.3) is 0 Å². The predicted molar refractivity (Wildman–Crippen MR) is 54.5 cm³/mol. The molecule has 82 valence electrons. The van der Waals surface area contributed by atoms with Crippen LogP contribution in [0.3, 0.4) is 0 Å². The van der Waals surface area contributed by atoms with Gasteiger partial charge in [-0.3, -0.25) is 4.79 Å². The van der Waals surface area contributed by atoms with E-state index >= 15 is 0 Å². The van der Waals surface area contributed by atoms with Crippen molar-refractivity contribution in [3.8, 4) is 0 Å². The lowest BCUT2D eigenvalue weighted by Gasteiger charge is -2.10. The molecule has 1 aromatic carbocycles. The van der Waals surface area contributed by atoms with E-state index in [0.717, 1.165) is 12.1 Å². The number of carbonyl (C=O) groups excluding carboxylic acids is 1. The topological polar surface area (TPSA) is 17.1 Å². The molecule has 1 atom stereocenters. The van der Waals surface area contributed by atoms with E-state index in [1.165, 1.54) is 13.0 Å². The van der Waals surface area contributed by atoms with Crippen molar-refractivity contribution in [3.05, 3.63) is 35.4 Å². The average molecular weight is 212 g/mol. The molecular formula is C12H14F2O. The summed E-state index contributed by atoms with van der Waals surface area (Å²) in [5, 5.41) is 0. The van der Waals surface area contributed by atoms with Gasteiger partial charge < -0.3 is 0 Å². The van der Waals surface area contributed by atoms with Crippen LogP contribution >= 0.6 is 0 Å². The van der Waals surface area contributed by atoms with E-state index in [9.17, 15) is 13.6 Å². The highest BCUT2D eigenvalue weighted by Crippen LogP contribution is 2.15. The van der Waals surface area contributed by atoms with Crippen LogP contribution in [0.4, 0.5) is 8.78 Å². The standard InChI is InChI=1S/C12H14F2O/c1-3-10(8(2)15)6-9-4-5-11(13)12(14)7-9/h4-5,7,10H,3,6H2,1-2H3. The second kappa shape index (κ2) is 5.01. The van der Waals surface area contributed by atoms with Gasteiger partial charge in [-0.1, -0.05) is 13.0 Å². The van der Waals surface area contributed by atoms with Gasteiger partial charge in [-0.25, -0.2) is 8.78 Å². The Kier molecular flexibility index (Phi) is 3.95. The number of rotatable bonds is 4. The fourth-order valence-electron chi connectivity index (χ4n) is 1.53. The first-order chi connectivity index (χ1) is 7.04. The minimum atomic E-state index is -0.856. The predicted octanol–water partition coefficient (Wildman–Crippen LogP) is 3.12. The van der Waals surface area contributed by atoms with E-state index in [1.807, 2.05) is 6.92 Å². The summed E-state index contributed by atoms with van der Waals surface area (Å²) >= 11 is 0. The molecule has 0 amide bonds. The van der Waals surface area contributed by atoms with Crippen LogP contribution in [0, 0.1) is 17.6 Å². The minimum absolute atomic E-state index is 0.0854. The Bertz CT molecular complexity index is 361. The first-order valence-corrected chi connectivity index (χ1v) is 4.99.